The first-order valence-electron chi connectivity index (χ1n) is 7.04. The molecule has 6 heteroatoms. The van der Waals surface area contributed by atoms with Crippen LogP contribution >= 0.6 is 0 Å². The number of piperidine rings is 1. The van der Waals surface area contributed by atoms with E-state index >= 15 is 0 Å². The molecule has 116 valence electrons. The van der Waals surface area contributed by atoms with E-state index in [0.717, 1.165) is 25.6 Å². The molecule has 0 aromatic heterocycles. The Labute approximate surface area is 126 Å². The molecule has 1 aromatic carbocycles. The van der Waals surface area contributed by atoms with E-state index in [9.17, 15) is 13.2 Å². The van der Waals surface area contributed by atoms with Crippen LogP contribution in [0.1, 0.15) is 26.7 Å². The monoisotopic (exact) mass is 310 g/mol. The third-order valence-electron chi connectivity index (χ3n) is 3.92. The highest BCUT2D eigenvalue weighted by Gasteiger charge is 2.37. The number of hydrogen-bond donors (Lipinski definition) is 2. The molecule has 21 heavy (non-hydrogen) atoms. The summed E-state index contributed by atoms with van der Waals surface area (Å²) in [5.74, 6) is -0.120. The van der Waals surface area contributed by atoms with Crippen molar-refractivity contribution in [1.82, 2.24) is 5.32 Å². The molecule has 1 aromatic rings. The number of hydrogen-bond acceptors (Lipinski definition) is 4. The molecule has 1 atom stereocenters. The van der Waals surface area contributed by atoms with Gasteiger partial charge in [0.15, 0.2) is 9.84 Å². The van der Waals surface area contributed by atoms with Gasteiger partial charge in [-0.2, -0.15) is 0 Å². The quantitative estimate of drug-likeness (QED) is 0.893. The molecular weight excluding hydrogens is 288 g/mol. The smallest absolute Gasteiger partial charge is 0.242 e. The van der Waals surface area contributed by atoms with Gasteiger partial charge in [-0.15, -0.1) is 0 Å². The van der Waals surface area contributed by atoms with E-state index in [0.29, 0.717) is 5.69 Å². The van der Waals surface area contributed by atoms with Crippen LogP contribution in [0.3, 0.4) is 0 Å². The molecule has 1 aliphatic rings. The Hall–Kier alpha value is -1.40. The number of amides is 1. The Morgan fingerprint density at radius 3 is 2.71 bits per heavy atom. The second kappa shape index (κ2) is 5.77. The molecule has 1 amide bonds. The zero-order valence-corrected chi connectivity index (χ0v) is 13.5. The molecule has 0 saturated carbocycles. The maximum absolute atomic E-state index is 12.4. The fourth-order valence-electron chi connectivity index (χ4n) is 2.68. The number of carbonyl (C=O) groups excluding carboxylic acids is 1. The van der Waals surface area contributed by atoms with Crippen molar-refractivity contribution in [3.63, 3.8) is 0 Å². The molecule has 1 heterocycles. The van der Waals surface area contributed by atoms with Crippen molar-refractivity contribution in [3.05, 3.63) is 24.3 Å². The Bertz CT molecular complexity index is 638. The van der Waals surface area contributed by atoms with Crippen LogP contribution in [0.4, 0.5) is 5.69 Å². The summed E-state index contributed by atoms with van der Waals surface area (Å²) in [6, 6.07) is 6.07. The number of benzene rings is 1. The molecule has 1 unspecified atom stereocenters. The minimum absolute atomic E-state index is 0.114. The highest BCUT2D eigenvalue weighted by molar-refractivity contribution is 7.90. The Balaban J connectivity index is 2.16. The number of nitrogens with one attached hydrogen (secondary N) is 2. The van der Waals surface area contributed by atoms with Gasteiger partial charge in [0.2, 0.25) is 5.91 Å². The van der Waals surface area contributed by atoms with Gasteiger partial charge in [0.05, 0.1) is 10.9 Å². The fraction of sp³-hybridized carbons (Fsp3) is 0.533. The van der Waals surface area contributed by atoms with Crippen molar-refractivity contribution >= 4 is 21.4 Å². The molecule has 1 saturated heterocycles. The van der Waals surface area contributed by atoms with E-state index in [1.54, 1.807) is 12.1 Å². The van der Waals surface area contributed by atoms with Crippen LogP contribution in [0.15, 0.2) is 29.2 Å². The predicted molar refractivity (Wildman–Crippen MR) is 83.0 cm³/mol. The van der Waals surface area contributed by atoms with Gasteiger partial charge in [0, 0.05) is 11.9 Å². The summed E-state index contributed by atoms with van der Waals surface area (Å²) in [6.07, 6.45) is 3.20. The summed E-state index contributed by atoms with van der Waals surface area (Å²) in [5, 5.41) is 6.06. The van der Waals surface area contributed by atoms with Gasteiger partial charge in [0.1, 0.15) is 0 Å². The van der Waals surface area contributed by atoms with Crippen LogP contribution in [0.25, 0.3) is 0 Å². The van der Waals surface area contributed by atoms with E-state index in [1.165, 1.54) is 12.1 Å². The van der Waals surface area contributed by atoms with Gasteiger partial charge >= 0.3 is 0 Å². The van der Waals surface area contributed by atoms with Crippen molar-refractivity contribution in [2.24, 2.45) is 5.41 Å². The lowest BCUT2D eigenvalue weighted by Crippen LogP contribution is -2.53. The normalized spacial score (nSPS) is 21.8. The maximum atomic E-state index is 12.4. The second-order valence-electron chi connectivity index (χ2n) is 6.27. The first-order valence-corrected chi connectivity index (χ1v) is 8.94. The van der Waals surface area contributed by atoms with E-state index in [1.807, 2.05) is 0 Å². The van der Waals surface area contributed by atoms with E-state index in [4.69, 9.17) is 0 Å². The molecule has 2 N–H and O–H groups in total. The standard InChI is InChI=1S/C15H22N2O3S/c1-15(2)8-5-9-16-13(15)14(18)17-11-6-4-7-12(10-11)21(3,19)20/h4,6-7,10,13,16H,5,8-9H2,1-3H3,(H,17,18). The Morgan fingerprint density at radius 2 is 2.10 bits per heavy atom. The lowest BCUT2D eigenvalue weighted by atomic mass is 9.77. The number of rotatable bonds is 3. The molecule has 1 aliphatic heterocycles. The minimum atomic E-state index is -3.28. The van der Waals surface area contributed by atoms with Gasteiger partial charge in [0.25, 0.3) is 0 Å². The zero-order valence-electron chi connectivity index (χ0n) is 12.6. The molecule has 0 aliphatic carbocycles. The molecule has 0 spiro atoms. The van der Waals surface area contributed by atoms with Crippen LogP contribution in [-0.4, -0.2) is 33.2 Å². The van der Waals surface area contributed by atoms with E-state index in [2.05, 4.69) is 24.5 Å². The zero-order chi connectivity index (χ0) is 15.7. The number of carbonyl (C=O) groups is 1. The summed E-state index contributed by atoms with van der Waals surface area (Å²) >= 11 is 0. The summed E-state index contributed by atoms with van der Waals surface area (Å²) < 4.78 is 23.1. The molecule has 1 fully saturated rings. The summed E-state index contributed by atoms with van der Waals surface area (Å²) in [7, 11) is -3.28. The molecular formula is C15H22N2O3S. The van der Waals surface area contributed by atoms with Gasteiger partial charge in [-0.3, -0.25) is 4.79 Å². The average Bonchev–Trinajstić information content (AvgIpc) is 2.37. The van der Waals surface area contributed by atoms with Gasteiger partial charge in [-0.05, 0) is 43.0 Å². The van der Waals surface area contributed by atoms with Gasteiger partial charge in [-0.25, -0.2) is 8.42 Å². The lowest BCUT2D eigenvalue weighted by Gasteiger charge is -2.38. The minimum Gasteiger partial charge on any atom is -0.325 e. The lowest BCUT2D eigenvalue weighted by molar-refractivity contribution is -0.121. The topological polar surface area (TPSA) is 75.3 Å². The van der Waals surface area contributed by atoms with Crippen molar-refractivity contribution in [1.29, 1.82) is 0 Å². The van der Waals surface area contributed by atoms with E-state index in [-0.39, 0.29) is 22.3 Å². The van der Waals surface area contributed by atoms with Crippen LogP contribution in [0, 0.1) is 5.41 Å². The number of anilines is 1. The first-order chi connectivity index (χ1) is 9.70. The van der Waals surface area contributed by atoms with Crippen molar-refractivity contribution < 1.29 is 13.2 Å². The first kappa shape index (κ1) is 16.0. The second-order valence-corrected chi connectivity index (χ2v) is 8.28. The third kappa shape index (κ3) is 3.83. The average molecular weight is 310 g/mol. The fourth-order valence-corrected chi connectivity index (χ4v) is 3.34. The van der Waals surface area contributed by atoms with Crippen molar-refractivity contribution in [2.45, 2.75) is 37.6 Å². The highest BCUT2D eigenvalue weighted by Crippen LogP contribution is 2.30. The van der Waals surface area contributed by atoms with Crippen LogP contribution in [0.5, 0.6) is 0 Å². The van der Waals surface area contributed by atoms with Gasteiger partial charge in [-0.1, -0.05) is 19.9 Å². The van der Waals surface area contributed by atoms with Gasteiger partial charge < -0.3 is 10.6 Å². The molecule has 5 nitrogen and oxygen atoms in total. The largest absolute Gasteiger partial charge is 0.325 e. The summed E-state index contributed by atoms with van der Waals surface area (Å²) in [6.45, 7) is 4.96. The highest BCUT2D eigenvalue weighted by atomic mass is 32.2. The molecule has 0 radical (unpaired) electrons. The van der Waals surface area contributed by atoms with Crippen molar-refractivity contribution in [2.75, 3.05) is 18.1 Å². The van der Waals surface area contributed by atoms with E-state index < -0.39 is 9.84 Å². The summed E-state index contributed by atoms with van der Waals surface area (Å²) in [5.41, 5.74) is 0.391. The van der Waals surface area contributed by atoms with Crippen LogP contribution in [0.2, 0.25) is 0 Å². The summed E-state index contributed by atoms with van der Waals surface area (Å²) in [4.78, 5) is 12.6. The molecule has 0 bridgehead atoms. The SMILES string of the molecule is CC1(C)CCCNC1C(=O)Nc1cccc(S(C)(=O)=O)c1. The van der Waals surface area contributed by atoms with Crippen LogP contribution < -0.4 is 10.6 Å². The van der Waals surface area contributed by atoms with Crippen LogP contribution in [-0.2, 0) is 14.6 Å². The van der Waals surface area contributed by atoms with Crippen molar-refractivity contribution in [3.8, 4) is 0 Å². The third-order valence-corrected chi connectivity index (χ3v) is 5.03. The predicted octanol–water partition coefficient (Wildman–Crippen LogP) is 1.81. The maximum Gasteiger partial charge on any atom is 0.242 e. The number of sulfone groups is 1. The Kier molecular flexibility index (Phi) is 4.39. The Morgan fingerprint density at radius 1 is 1.38 bits per heavy atom. The molecule has 2 rings (SSSR count).